The van der Waals surface area contributed by atoms with Gasteiger partial charge in [0.25, 0.3) is 0 Å². The first-order chi connectivity index (χ1) is 9.76. The van der Waals surface area contributed by atoms with Crippen LogP contribution in [0.4, 0.5) is 0 Å². The molecule has 0 unspecified atom stereocenters. The summed E-state index contributed by atoms with van der Waals surface area (Å²) < 4.78 is 11.8. The van der Waals surface area contributed by atoms with Crippen molar-refractivity contribution in [3.05, 3.63) is 57.3 Å². The van der Waals surface area contributed by atoms with E-state index in [1.807, 2.05) is 6.07 Å². The van der Waals surface area contributed by atoms with E-state index < -0.39 is 0 Å². The Balaban J connectivity index is 1.76. The first-order valence-corrected chi connectivity index (χ1v) is 6.97. The van der Waals surface area contributed by atoms with Gasteiger partial charge in [-0.1, -0.05) is 12.1 Å². The molecule has 1 aliphatic heterocycles. The van der Waals surface area contributed by atoms with Crippen LogP contribution >= 0.6 is 15.9 Å². The number of carbonyl (C=O) groups is 1. The smallest absolute Gasteiger partial charge is 0.172 e. The molecule has 0 radical (unpaired) electrons. The van der Waals surface area contributed by atoms with E-state index in [1.54, 1.807) is 12.3 Å². The highest BCUT2D eigenvalue weighted by atomic mass is 79.9. The van der Waals surface area contributed by atoms with Gasteiger partial charge in [-0.05, 0) is 44.8 Å². The van der Waals surface area contributed by atoms with Crippen molar-refractivity contribution in [3.63, 3.8) is 0 Å². The van der Waals surface area contributed by atoms with Gasteiger partial charge in [-0.15, -0.1) is 0 Å². The predicted octanol–water partition coefficient (Wildman–Crippen LogP) is 3.27. The number of ether oxygens (including phenoxy) is 2. The van der Waals surface area contributed by atoms with Gasteiger partial charge < -0.3 is 9.47 Å². The van der Waals surface area contributed by atoms with E-state index in [0.29, 0.717) is 37.6 Å². The fourth-order valence-corrected chi connectivity index (χ4v) is 2.42. The molecule has 0 aliphatic carbocycles. The maximum absolute atomic E-state index is 10.9. The van der Waals surface area contributed by atoms with Crippen molar-refractivity contribution in [2.24, 2.45) is 0 Å². The zero-order valence-corrected chi connectivity index (χ0v) is 12.2. The number of pyridine rings is 1. The summed E-state index contributed by atoms with van der Waals surface area (Å²) in [6.45, 7) is 1.73. The topological polar surface area (TPSA) is 48.4 Å². The number of halogens is 1. The van der Waals surface area contributed by atoms with Gasteiger partial charge in [0.1, 0.15) is 18.1 Å². The number of benzene rings is 1. The predicted molar refractivity (Wildman–Crippen MR) is 76.6 cm³/mol. The SMILES string of the molecule is O=Cc1ncc(Br)cc1OCc1ccc2c(c1)COC2. The number of hydrogen-bond acceptors (Lipinski definition) is 4. The summed E-state index contributed by atoms with van der Waals surface area (Å²) in [4.78, 5) is 14.9. The quantitative estimate of drug-likeness (QED) is 0.806. The fraction of sp³-hybridized carbons (Fsp3) is 0.200. The van der Waals surface area contributed by atoms with Gasteiger partial charge in [-0.25, -0.2) is 4.98 Å². The minimum atomic E-state index is 0.303. The van der Waals surface area contributed by atoms with Crippen LogP contribution in [-0.2, 0) is 24.6 Å². The van der Waals surface area contributed by atoms with Gasteiger partial charge in [0.15, 0.2) is 6.29 Å². The Hall–Kier alpha value is -1.72. The Morgan fingerprint density at radius 3 is 3.00 bits per heavy atom. The maximum Gasteiger partial charge on any atom is 0.172 e. The van der Waals surface area contributed by atoms with Crippen molar-refractivity contribution >= 4 is 22.2 Å². The van der Waals surface area contributed by atoms with Gasteiger partial charge in [-0.3, -0.25) is 4.79 Å². The van der Waals surface area contributed by atoms with Crippen molar-refractivity contribution < 1.29 is 14.3 Å². The highest BCUT2D eigenvalue weighted by Gasteiger charge is 2.12. The molecule has 4 nitrogen and oxygen atoms in total. The van der Waals surface area contributed by atoms with Gasteiger partial charge >= 0.3 is 0 Å². The number of rotatable bonds is 4. The molecule has 20 heavy (non-hydrogen) atoms. The standard InChI is InChI=1S/C15H12BrNO3/c16-13-4-15(14(6-18)17-5-13)20-7-10-1-2-11-8-19-9-12(11)3-10/h1-6H,7-9H2. The number of carbonyl (C=O) groups excluding carboxylic acids is 1. The van der Waals surface area contributed by atoms with Crippen LogP contribution in [0.2, 0.25) is 0 Å². The van der Waals surface area contributed by atoms with E-state index in [2.05, 4.69) is 33.0 Å². The van der Waals surface area contributed by atoms with E-state index in [1.165, 1.54) is 11.1 Å². The Morgan fingerprint density at radius 2 is 2.15 bits per heavy atom. The molecule has 0 amide bonds. The molecule has 0 spiro atoms. The second kappa shape index (κ2) is 5.73. The van der Waals surface area contributed by atoms with E-state index in [9.17, 15) is 4.79 Å². The third-order valence-electron chi connectivity index (χ3n) is 3.14. The lowest BCUT2D eigenvalue weighted by molar-refractivity contribution is 0.111. The molecule has 1 aromatic carbocycles. The number of nitrogens with zero attached hydrogens (tertiary/aromatic N) is 1. The van der Waals surface area contributed by atoms with Gasteiger partial charge in [0.2, 0.25) is 0 Å². The van der Waals surface area contributed by atoms with Crippen LogP contribution in [0.25, 0.3) is 0 Å². The van der Waals surface area contributed by atoms with Crippen molar-refractivity contribution in [2.45, 2.75) is 19.8 Å². The third-order valence-corrected chi connectivity index (χ3v) is 3.57. The van der Waals surface area contributed by atoms with E-state index in [-0.39, 0.29) is 0 Å². The zero-order valence-electron chi connectivity index (χ0n) is 10.6. The van der Waals surface area contributed by atoms with Gasteiger partial charge in [-0.2, -0.15) is 0 Å². The number of aromatic nitrogens is 1. The maximum atomic E-state index is 10.9. The molecule has 0 bridgehead atoms. The number of hydrogen-bond donors (Lipinski definition) is 0. The number of aldehydes is 1. The minimum absolute atomic E-state index is 0.303. The summed E-state index contributed by atoms with van der Waals surface area (Å²) in [7, 11) is 0. The van der Waals surface area contributed by atoms with Crippen LogP contribution in [-0.4, -0.2) is 11.3 Å². The summed E-state index contributed by atoms with van der Waals surface area (Å²) in [6.07, 6.45) is 2.27. The fourth-order valence-electron chi connectivity index (χ4n) is 2.11. The van der Waals surface area contributed by atoms with Crippen molar-refractivity contribution in [2.75, 3.05) is 0 Å². The molecule has 5 heteroatoms. The average Bonchev–Trinajstić information content (AvgIpc) is 2.92. The molecule has 2 heterocycles. The van der Waals surface area contributed by atoms with E-state index in [4.69, 9.17) is 9.47 Å². The molecule has 1 aromatic heterocycles. The van der Waals surface area contributed by atoms with Gasteiger partial charge in [0.05, 0.1) is 13.2 Å². The molecule has 0 atom stereocenters. The number of fused-ring (bicyclic) bond motifs is 1. The van der Waals surface area contributed by atoms with Crippen LogP contribution in [0.1, 0.15) is 27.2 Å². The molecule has 2 aromatic rings. The van der Waals surface area contributed by atoms with Crippen LogP contribution in [0, 0.1) is 0 Å². The Labute approximate surface area is 124 Å². The van der Waals surface area contributed by atoms with Crippen molar-refractivity contribution in [1.82, 2.24) is 4.98 Å². The van der Waals surface area contributed by atoms with Crippen molar-refractivity contribution in [3.8, 4) is 5.75 Å². The molecule has 3 rings (SSSR count). The first kappa shape index (κ1) is 13.3. The third kappa shape index (κ3) is 2.73. The van der Waals surface area contributed by atoms with E-state index >= 15 is 0 Å². The summed E-state index contributed by atoms with van der Waals surface area (Å²) >= 11 is 3.32. The molecule has 0 saturated heterocycles. The summed E-state index contributed by atoms with van der Waals surface area (Å²) in [5, 5.41) is 0. The van der Waals surface area contributed by atoms with Crippen LogP contribution in [0.15, 0.2) is 34.9 Å². The first-order valence-electron chi connectivity index (χ1n) is 6.18. The van der Waals surface area contributed by atoms with Crippen LogP contribution in [0.5, 0.6) is 5.75 Å². The molecule has 1 aliphatic rings. The lowest BCUT2D eigenvalue weighted by atomic mass is 10.1. The molecule has 0 N–H and O–H groups in total. The summed E-state index contributed by atoms with van der Waals surface area (Å²) in [5.41, 5.74) is 3.78. The Kier molecular flexibility index (Phi) is 3.80. The van der Waals surface area contributed by atoms with Crippen LogP contribution < -0.4 is 4.74 Å². The molecular weight excluding hydrogens is 322 g/mol. The van der Waals surface area contributed by atoms with Gasteiger partial charge in [0, 0.05) is 10.7 Å². The second-order valence-electron chi connectivity index (χ2n) is 4.54. The summed E-state index contributed by atoms with van der Waals surface area (Å²) in [6, 6.07) is 7.89. The second-order valence-corrected chi connectivity index (χ2v) is 5.45. The minimum Gasteiger partial charge on any atom is -0.486 e. The lowest BCUT2D eigenvalue weighted by Gasteiger charge is -2.09. The molecule has 0 saturated carbocycles. The summed E-state index contributed by atoms with van der Waals surface area (Å²) in [5.74, 6) is 0.478. The average molecular weight is 334 g/mol. The Bertz CT molecular complexity index is 658. The normalized spacial score (nSPS) is 13.1. The highest BCUT2D eigenvalue weighted by molar-refractivity contribution is 9.10. The molecular formula is C15H12BrNO3. The highest BCUT2D eigenvalue weighted by Crippen LogP contribution is 2.24. The monoisotopic (exact) mass is 333 g/mol. The lowest BCUT2D eigenvalue weighted by Crippen LogP contribution is -2.00. The Morgan fingerprint density at radius 1 is 1.30 bits per heavy atom. The molecule has 102 valence electrons. The van der Waals surface area contributed by atoms with Crippen LogP contribution in [0.3, 0.4) is 0 Å². The van der Waals surface area contributed by atoms with E-state index in [0.717, 1.165) is 10.0 Å². The molecule has 0 fully saturated rings. The van der Waals surface area contributed by atoms with Crippen molar-refractivity contribution in [1.29, 1.82) is 0 Å². The largest absolute Gasteiger partial charge is 0.486 e. The zero-order chi connectivity index (χ0) is 13.9.